The van der Waals surface area contributed by atoms with Crippen molar-refractivity contribution in [1.29, 1.82) is 0 Å². The van der Waals surface area contributed by atoms with Crippen LogP contribution in [0.3, 0.4) is 0 Å². The Morgan fingerprint density at radius 2 is 1.34 bits per heavy atom. The fourth-order valence-electron chi connectivity index (χ4n) is 6.48. The van der Waals surface area contributed by atoms with Gasteiger partial charge in [0.05, 0.1) is 16.6 Å². The van der Waals surface area contributed by atoms with E-state index in [1.807, 2.05) is 24.5 Å². The highest BCUT2D eigenvalue weighted by molar-refractivity contribution is 6.12. The highest BCUT2D eigenvalue weighted by atomic mass is 15.1. The van der Waals surface area contributed by atoms with E-state index in [1.165, 1.54) is 44.5 Å². The molecule has 0 aliphatic heterocycles. The van der Waals surface area contributed by atoms with Gasteiger partial charge >= 0.3 is 0 Å². The van der Waals surface area contributed by atoms with Crippen molar-refractivity contribution < 1.29 is 0 Å². The summed E-state index contributed by atoms with van der Waals surface area (Å²) in [4.78, 5) is 14.7. The Morgan fingerprint density at radius 1 is 0.571 bits per heavy atom. The quantitative estimate of drug-likeness (QED) is 0.243. The molecule has 162 valence electrons. The van der Waals surface area contributed by atoms with E-state index in [0.29, 0.717) is 0 Å². The lowest BCUT2D eigenvalue weighted by atomic mass is 9.94. The molecule has 3 aromatic carbocycles. The third kappa shape index (κ3) is 2.11. The van der Waals surface area contributed by atoms with Gasteiger partial charge in [0.1, 0.15) is 11.3 Å². The molecule has 4 heterocycles. The summed E-state index contributed by atoms with van der Waals surface area (Å²) >= 11 is 0. The molecule has 35 heavy (non-hydrogen) atoms. The highest BCUT2D eigenvalue weighted by Crippen LogP contribution is 2.50. The van der Waals surface area contributed by atoms with Gasteiger partial charge in [0, 0.05) is 29.6 Å². The Morgan fingerprint density at radius 3 is 2.26 bits per heavy atom. The molecule has 0 fully saturated rings. The molecule has 2 aliphatic carbocycles. The van der Waals surface area contributed by atoms with E-state index in [2.05, 4.69) is 65.1 Å². The number of rotatable bonds is 0. The van der Waals surface area contributed by atoms with Gasteiger partial charge in [-0.15, -0.1) is 0 Å². The topological polar surface area (TPSA) is 43.1 Å². The molecule has 4 nitrogen and oxygen atoms in total. The largest absolute Gasteiger partial charge is 0.276 e. The van der Waals surface area contributed by atoms with Crippen LogP contribution in [-0.2, 0) is 12.8 Å². The molecule has 0 N–H and O–H groups in total. The number of benzene rings is 3. The van der Waals surface area contributed by atoms with Gasteiger partial charge in [-0.05, 0) is 81.3 Å². The van der Waals surface area contributed by atoms with E-state index in [9.17, 15) is 0 Å². The van der Waals surface area contributed by atoms with Crippen LogP contribution in [0.2, 0.25) is 0 Å². The SMILES string of the molecule is c1ccc2c(c1)Cc1ccc3c(c1-2)-c1ccc2c(nc4c5cccnc5c5cccnc5n24)c1C3. The number of aromatic nitrogens is 4. The van der Waals surface area contributed by atoms with Gasteiger partial charge < -0.3 is 0 Å². The molecule has 0 atom stereocenters. The molecule has 9 rings (SSSR count). The number of imidazole rings is 1. The lowest BCUT2D eigenvalue weighted by molar-refractivity contribution is 1.23. The second-order valence-corrected chi connectivity index (χ2v) is 9.65. The zero-order valence-corrected chi connectivity index (χ0v) is 18.8. The Kier molecular flexibility index (Phi) is 3.11. The zero-order chi connectivity index (χ0) is 22.7. The first kappa shape index (κ1) is 17.8. The Hall–Kier alpha value is -4.57. The lowest BCUT2D eigenvalue weighted by Gasteiger charge is -2.10. The first-order chi connectivity index (χ1) is 17.4. The molecule has 0 bridgehead atoms. The smallest absolute Gasteiger partial charge is 0.149 e. The van der Waals surface area contributed by atoms with Crippen LogP contribution in [0.4, 0.5) is 0 Å². The summed E-state index contributed by atoms with van der Waals surface area (Å²) in [5.41, 5.74) is 16.1. The third-order valence-electron chi connectivity index (χ3n) is 7.92. The third-order valence-corrected chi connectivity index (χ3v) is 7.92. The average molecular weight is 447 g/mol. The lowest BCUT2D eigenvalue weighted by Crippen LogP contribution is -1.94. The normalized spacial score (nSPS) is 13.5. The van der Waals surface area contributed by atoms with E-state index < -0.39 is 0 Å². The minimum absolute atomic E-state index is 0.904. The van der Waals surface area contributed by atoms with E-state index >= 15 is 0 Å². The summed E-state index contributed by atoms with van der Waals surface area (Å²) in [7, 11) is 0. The molecule has 4 heteroatoms. The fraction of sp³-hybridized carbons (Fsp3) is 0.0645. The number of hydrogen-bond donors (Lipinski definition) is 0. The molecule has 0 radical (unpaired) electrons. The van der Waals surface area contributed by atoms with Crippen LogP contribution in [0.25, 0.3) is 60.9 Å². The molecule has 0 saturated carbocycles. The van der Waals surface area contributed by atoms with Crippen molar-refractivity contribution in [3.63, 3.8) is 0 Å². The number of fused-ring (bicyclic) bond motifs is 16. The molecule has 4 aromatic heterocycles. The number of hydrogen-bond acceptors (Lipinski definition) is 3. The van der Waals surface area contributed by atoms with Gasteiger partial charge in [-0.25, -0.2) is 9.97 Å². The first-order valence-electron chi connectivity index (χ1n) is 12.1. The van der Waals surface area contributed by atoms with Crippen LogP contribution >= 0.6 is 0 Å². The Bertz CT molecular complexity index is 2070. The summed E-state index contributed by atoms with van der Waals surface area (Å²) in [6.07, 6.45) is 5.62. The average Bonchev–Trinajstić information content (AvgIpc) is 3.59. The van der Waals surface area contributed by atoms with Crippen LogP contribution < -0.4 is 0 Å². The van der Waals surface area contributed by atoms with Crippen LogP contribution in [0, 0.1) is 0 Å². The van der Waals surface area contributed by atoms with Crippen LogP contribution in [0.5, 0.6) is 0 Å². The maximum Gasteiger partial charge on any atom is 0.149 e. The molecule has 0 unspecified atom stereocenters. The fourth-order valence-corrected chi connectivity index (χ4v) is 6.48. The zero-order valence-electron chi connectivity index (χ0n) is 18.8. The Balaban J connectivity index is 1.42. The van der Waals surface area contributed by atoms with Crippen molar-refractivity contribution in [2.75, 3.05) is 0 Å². The van der Waals surface area contributed by atoms with Gasteiger partial charge in [-0.3, -0.25) is 9.38 Å². The van der Waals surface area contributed by atoms with Crippen molar-refractivity contribution in [1.82, 2.24) is 19.4 Å². The second-order valence-electron chi connectivity index (χ2n) is 9.65. The van der Waals surface area contributed by atoms with Crippen molar-refractivity contribution in [2.24, 2.45) is 0 Å². The molecule has 7 aromatic rings. The van der Waals surface area contributed by atoms with Crippen molar-refractivity contribution in [2.45, 2.75) is 12.8 Å². The predicted octanol–water partition coefficient (Wildman–Crippen LogP) is 6.73. The second kappa shape index (κ2) is 6.10. The van der Waals surface area contributed by atoms with E-state index in [1.54, 1.807) is 0 Å². The maximum atomic E-state index is 5.27. The van der Waals surface area contributed by atoms with E-state index in [-0.39, 0.29) is 0 Å². The van der Waals surface area contributed by atoms with Crippen LogP contribution in [0.15, 0.2) is 85.2 Å². The minimum Gasteiger partial charge on any atom is -0.276 e. The van der Waals surface area contributed by atoms with Crippen LogP contribution in [0.1, 0.15) is 22.3 Å². The summed E-state index contributed by atoms with van der Waals surface area (Å²) in [6, 6.07) is 26.2. The standard InChI is InChI=1S/C31H18N4/c1-2-6-20-17(5-1)15-18-9-10-19-16-24-21(27(19)26(18)20)11-12-25-29(24)34-31-23-8-3-13-32-28(23)22-7-4-14-33-30(22)35(25)31/h1-14H,15-16H2. The van der Waals surface area contributed by atoms with Gasteiger partial charge in [0.15, 0.2) is 0 Å². The molecule has 0 spiro atoms. The van der Waals surface area contributed by atoms with Gasteiger partial charge in [0.25, 0.3) is 0 Å². The van der Waals surface area contributed by atoms with Crippen LogP contribution in [-0.4, -0.2) is 19.4 Å². The summed E-state index contributed by atoms with van der Waals surface area (Å²) < 4.78 is 2.22. The predicted molar refractivity (Wildman–Crippen MR) is 140 cm³/mol. The summed E-state index contributed by atoms with van der Waals surface area (Å²) in [5, 5.41) is 2.11. The van der Waals surface area contributed by atoms with Gasteiger partial charge in [-0.2, -0.15) is 0 Å². The van der Waals surface area contributed by atoms with Gasteiger partial charge in [0.2, 0.25) is 0 Å². The molecular formula is C31H18N4. The van der Waals surface area contributed by atoms with Crippen molar-refractivity contribution in [3.8, 4) is 22.3 Å². The first-order valence-corrected chi connectivity index (χ1v) is 12.1. The van der Waals surface area contributed by atoms with Crippen molar-refractivity contribution >= 4 is 38.6 Å². The number of nitrogens with zero attached hydrogens (tertiary/aromatic N) is 4. The molecule has 0 saturated heterocycles. The summed E-state index contributed by atoms with van der Waals surface area (Å²) in [5.74, 6) is 0. The molecule has 0 amide bonds. The Labute approximate surface area is 200 Å². The molecular weight excluding hydrogens is 428 g/mol. The van der Waals surface area contributed by atoms with Gasteiger partial charge in [-0.1, -0.05) is 42.5 Å². The number of pyridine rings is 3. The minimum atomic E-state index is 0.904. The molecule has 2 aliphatic rings. The van der Waals surface area contributed by atoms with E-state index in [0.717, 1.165) is 51.5 Å². The van der Waals surface area contributed by atoms with E-state index in [4.69, 9.17) is 15.0 Å². The van der Waals surface area contributed by atoms with Crippen molar-refractivity contribution in [3.05, 3.63) is 107 Å². The highest BCUT2D eigenvalue weighted by Gasteiger charge is 2.30. The monoisotopic (exact) mass is 446 g/mol. The maximum absolute atomic E-state index is 5.27. The summed E-state index contributed by atoms with van der Waals surface area (Å²) in [6.45, 7) is 0.